The molecule has 1 N–H and O–H groups in total. The summed E-state index contributed by atoms with van der Waals surface area (Å²) in [6.07, 6.45) is 1.55. The van der Waals surface area contributed by atoms with E-state index in [0.29, 0.717) is 16.8 Å². The molecule has 1 aromatic heterocycles. The number of aliphatic hydroxyl groups excluding tert-OH is 1. The Morgan fingerprint density at radius 2 is 1.42 bits per heavy atom. The molecule has 1 heterocycles. The minimum atomic E-state index is -0.215. The van der Waals surface area contributed by atoms with Gasteiger partial charge in [-0.1, -0.05) is 64.1 Å². The third-order valence-corrected chi connectivity index (χ3v) is 4.78. The van der Waals surface area contributed by atoms with Crippen molar-refractivity contribution in [1.82, 2.24) is 4.98 Å². The number of aromatic nitrogens is 1. The van der Waals surface area contributed by atoms with Crippen LogP contribution in [0.15, 0.2) is 18.3 Å². The molecule has 2 nitrogen and oxygen atoms in total. The Bertz CT molecular complexity index is 615. The molecule has 0 saturated heterocycles. The smallest absolute Gasteiger partial charge is 0.0809 e. The maximum absolute atomic E-state index is 9.34. The molecule has 100 valence electrons. The Balaban J connectivity index is 2.83. The molecule has 19 heavy (non-hydrogen) atoms. The second kappa shape index (κ2) is 6.04. The fourth-order valence-electron chi connectivity index (χ4n) is 1.60. The molecular weight excluding hydrogens is 351 g/mol. The largest absolute Gasteiger partial charge is 0.392 e. The summed E-state index contributed by atoms with van der Waals surface area (Å²) in [5.74, 6) is 0. The Labute approximate surface area is 134 Å². The highest BCUT2D eigenvalue weighted by Gasteiger charge is 2.22. The van der Waals surface area contributed by atoms with Gasteiger partial charge in [-0.3, -0.25) is 4.98 Å². The molecule has 0 unspecified atom stereocenters. The molecular formula is C12H6Cl5NO. The van der Waals surface area contributed by atoms with E-state index in [1.54, 1.807) is 18.3 Å². The van der Waals surface area contributed by atoms with Gasteiger partial charge in [0, 0.05) is 17.3 Å². The van der Waals surface area contributed by atoms with Crippen LogP contribution in [0.3, 0.4) is 0 Å². The monoisotopic (exact) mass is 355 g/mol. The zero-order chi connectivity index (χ0) is 14.2. The molecule has 0 fully saturated rings. The van der Waals surface area contributed by atoms with Crippen molar-refractivity contribution in [1.29, 1.82) is 0 Å². The second-order valence-electron chi connectivity index (χ2n) is 3.61. The lowest BCUT2D eigenvalue weighted by Crippen LogP contribution is -1.95. The summed E-state index contributed by atoms with van der Waals surface area (Å²) in [7, 11) is 0. The van der Waals surface area contributed by atoms with Gasteiger partial charge in [-0.05, 0) is 6.07 Å². The number of pyridine rings is 1. The van der Waals surface area contributed by atoms with Gasteiger partial charge in [-0.25, -0.2) is 0 Å². The summed E-state index contributed by atoms with van der Waals surface area (Å²) in [4.78, 5) is 4.16. The van der Waals surface area contributed by atoms with E-state index in [9.17, 15) is 5.11 Å². The van der Waals surface area contributed by atoms with E-state index < -0.39 is 0 Å². The quantitative estimate of drug-likeness (QED) is 0.568. The molecule has 0 atom stereocenters. The average Bonchev–Trinajstić information content (AvgIpc) is 2.44. The van der Waals surface area contributed by atoms with Crippen molar-refractivity contribution in [3.8, 4) is 11.3 Å². The Morgan fingerprint density at radius 1 is 0.895 bits per heavy atom. The van der Waals surface area contributed by atoms with Gasteiger partial charge >= 0.3 is 0 Å². The molecule has 0 amide bonds. The van der Waals surface area contributed by atoms with Crippen molar-refractivity contribution in [3.05, 3.63) is 49.0 Å². The lowest BCUT2D eigenvalue weighted by Gasteiger charge is -2.14. The molecule has 0 aliphatic carbocycles. The molecule has 7 heteroatoms. The van der Waals surface area contributed by atoms with Crippen LogP contribution in [0.5, 0.6) is 0 Å². The van der Waals surface area contributed by atoms with Crippen LogP contribution in [0.4, 0.5) is 0 Å². The summed E-state index contributed by atoms with van der Waals surface area (Å²) < 4.78 is 0. The second-order valence-corrected chi connectivity index (χ2v) is 5.50. The van der Waals surface area contributed by atoms with Crippen LogP contribution in [0.1, 0.15) is 5.56 Å². The van der Waals surface area contributed by atoms with E-state index in [0.717, 1.165) is 0 Å². The van der Waals surface area contributed by atoms with Crippen molar-refractivity contribution in [2.45, 2.75) is 6.61 Å². The van der Waals surface area contributed by atoms with Crippen molar-refractivity contribution >= 4 is 58.0 Å². The maximum atomic E-state index is 9.34. The van der Waals surface area contributed by atoms with E-state index in [2.05, 4.69) is 4.98 Å². The van der Waals surface area contributed by atoms with E-state index >= 15 is 0 Å². The van der Waals surface area contributed by atoms with Gasteiger partial charge in [0.1, 0.15) is 0 Å². The Morgan fingerprint density at radius 3 is 1.95 bits per heavy atom. The lowest BCUT2D eigenvalue weighted by molar-refractivity contribution is 0.282. The summed E-state index contributed by atoms with van der Waals surface area (Å²) in [6.45, 7) is -0.215. The third-order valence-electron chi connectivity index (χ3n) is 2.51. The number of halogens is 5. The normalized spacial score (nSPS) is 10.8. The third kappa shape index (κ3) is 2.66. The number of benzene rings is 1. The standard InChI is InChI=1S/C12H6Cl5NO/c13-7-6(8(14)10(16)11(17)9(7)15)12-5(4-19)2-1-3-18-12/h1-3,19H,4H2. The van der Waals surface area contributed by atoms with Crippen LogP contribution in [-0.4, -0.2) is 10.1 Å². The molecule has 0 spiro atoms. The maximum Gasteiger partial charge on any atom is 0.0809 e. The molecule has 0 aliphatic heterocycles. The van der Waals surface area contributed by atoms with Crippen LogP contribution in [0.25, 0.3) is 11.3 Å². The highest BCUT2D eigenvalue weighted by molar-refractivity contribution is 6.56. The molecule has 0 aliphatic rings. The SMILES string of the molecule is OCc1cccnc1-c1c(Cl)c(Cl)c(Cl)c(Cl)c1Cl. The Hall–Kier alpha value is -0.220. The van der Waals surface area contributed by atoms with Crippen molar-refractivity contribution in [2.24, 2.45) is 0 Å². The molecule has 2 rings (SSSR count). The number of hydrogen-bond acceptors (Lipinski definition) is 2. The van der Waals surface area contributed by atoms with Crippen molar-refractivity contribution < 1.29 is 5.11 Å². The number of nitrogens with zero attached hydrogens (tertiary/aromatic N) is 1. The van der Waals surface area contributed by atoms with Gasteiger partial charge < -0.3 is 5.11 Å². The fourth-order valence-corrected chi connectivity index (χ4v) is 2.92. The van der Waals surface area contributed by atoms with Gasteiger partial charge in [0.2, 0.25) is 0 Å². The van der Waals surface area contributed by atoms with Crippen LogP contribution in [-0.2, 0) is 6.61 Å². The van der Waals surface area contributed by atoms with Crippen molar-refractivity contribution in [3.63, 3.8) is 0 Å². The lowest BCUT2D eigenvalue weighted by atomic mass is 10.1. The van der Waals surface area contributed by atoms with Gasteiger partial charge in [0.15, 0.2) is 0 Å². The van der Waals surface area contributed by atoms with E-state index in [4.69, 9.17) is 58.0 Å². The predicted octanol–water partition coefficient (Wildman–Crippen LogP) is 5.51. The molecule has 1 aromatic carbocycles. The summed E-state index contributed by atoms with van der Waals surface area (Å²) in [5.41, 5.74) is 1.33. The molecule has 2 aromatic rings. The fraction of sp³-hybridized carbons (Fsp3) is 0.0833. The molecule has 0 bridgehead atoms. The molecule has 0 saturated carbocycles. The zero-order valence-electron chi connectivity index (χ0n) is 9.22. The van der Waals surface area contributed by atoms with E-state index in [1.165, 1.54) is 0 Å². The average molecular weight is 357 g/mol. The first kappa shape index (κ1) is 15.2. The number of hydrogen-bond donors (Lipinski definition) is 1. The highest BCUT2D eigenvalue weighted by Crippen LogP contribution is 2.48. The number of aliphatic hydroxyl groups is 1. The van der Waals surface area contributed by atoms with Crippen LogP contribution >= 0.6 is 58.0 Å². The molecule has 0 radical (unpaired) electrons. The summed E-state index contributed by atoms with van der Waals surface area (Å²) in [6, 6.07) is 3.39. The van der Waals surface area contributed by atoms with Gasteiger partial charge in [0.25, 0.3) is 0 Å². The van der Waals surface area contributed by atoms with Gasteiger partial charge in [-0.15, -0.1) is 0 Å². The van der Waals surface area contributed by atoms with E-state index in [1.807, 2.05) is 0 Å². The summed E-state index contributed by atoms with van der Waals surface area (Å²) >= 11 is 30.3. The first-order chi connectivity index (χ1) is 8.99. The predicted molar refractivity (Wildman–Crippen MR) is 80.6 cm³/mol. The van der Waals surface area contributed by atoms with Crippen LogP contribution < -0.4 is 0 Å². The minimum Gasteiger partial charge on any atom is -0.392 e. The first-order valence-electron chi connectivity index (χ1n) is 5.05. The number of rotatable bonds is 2. The van der Waals surface area contributed by atoms with Crippen LogP contribution in [0.2, 0.25) is 25.1 Å². The minimum absolute atomic E-state index is 0.0866. The Kier molecular flexibility index (Phi) is 4.83. The topological polar surface area (TPSA) is 33.1 Å². The van der Waals surface area contributed by atoms with Crippen LogP contribution in [0, 0.1) is 0 Å². The van der Waals surface area contributed by atoms with Crippen molar-refractivity contribution in [2.75, 3.05) is 0 Å². The van der Waals surface area contributed by atoms with E-state index in [-0.39, 0.29) is 31.7 Å². The summed E-state index contributed by atoms with van der Waals surface area (Å²) in [5, 5.41) is 9.92. The van der Waals surface area contributed by atoms with Gasteiger partial charge in [0.05, 0.1) is 37.4 Å². The highest BCUT2D eigenvalue weighted by atomic mass is 35.5. The van der Waals surface area contributed by atoms with Gasteiger partial charge in [-0.2, -0.15) is 0 Å². The zero-order valence-corrected chi connectivity index (χ0v) is 13.0. The first-order valence-corrected chi connectivity index (χ1v) is 6.94.